The van der Waals surface area contributed by atoms with Crippen molar-refractivity contribution in [3.63, 3.8) is 0 Å². The van der Waals surface area contributed by atoms with E-state index in [1.54, 1.807) is 35.4 Å². The first-order valence-electron chi connectivity index (χ1n) is 12.0. The molecule has 36 heavy (non-hydrogen) atoms. The molecular formula is C29H33FN4O2. The van der Waals surface area contributed by atoms with Crippen molar-refractivity contribution >= 4 is 22.5 Å². The van der Waals surface area contributed by atoms with Gasteiger partial charge in [0.05, 0.1) is 29.4 Å². The maximum absolute atomic E-state index is 15.0. The number of amides is 1. The van der Waals surface area contributed by atoms with E-state index in [0.29, 0.717) is 22.7 Å². The topological polar surface area (TPSA) is 69.0 Å². The molecule has 6 nitrogen and oxygen atoms in total. The zero-order valence-corrected chi connectivity index (χ0v) is 21.9. The Morgan fingerprint density at radius 3 is 2.47 bits per heavy atom. The third kappa shape index (κ3) is 5.56. The van der Waals surface area contributed by atoms with Crippen LogP contribution in [0.2, 0.25) is 0 Å². The summed E-state index contributed by atoms with van der Waals surface area (Å²) in [7, 11) is 0. The minimum absolute atomic E-state index is 0.0308. The largest absolute Gasteiger partial charge is 0.456 e. The lowest BCUT2D eigenvalue weighted by Gasteiger charge is -2.20. The highest BCUT2D eigenvalue weighted by Crippen LogP contribution is 2.34. The number of anilines is 1. The molecule has 0 atom stereocenters. The van der Waals surface area contributed by atoms with Crippen LogP contribution in [0.1, 0.15) is 58.2 Å². The Bertz CT molecular complexity index is 1430. The van der Waals surface area contributed by atoms with Crippen LogP contribution in [0.15, 0.2) is 55.0 Å². The highest BCUT2D eigenvalue weighted by Gasteiger charge is 2.18. The zero-order chi connectivity index (χ0) is 26.3. The van der Waals surface area contributed by atoms with Crippen molar-refractivity contribution in [3.05, 3.63) is 77.5 Å². The number of aromatic nitrogens is 3. The van der Waals surface area contributed by atoms with Crippen LogP contribution in [0.3, 0.4) is 0 Å². The number of hydrogen-bond donors (Lipinski definition) is 1. The molecule has 0 saturated heterocycles. The molecular weight excluding hydrogens is 455 g/mol. The summed E-state index contributed by atoms with van der Waals surface area (Å²) in [6.07, 6.45) is 4.94. The molecule has 1 amide bonds. The second kappa shape index (κ2) is 9.37. The molecule has 0 aliphatic carbocycles. The van der Waals surface area contributed by atoms with Crippen molar-refractivity contribution in [2.45, 2.75) is 65.8 Å². The predicted octanol–water partition coefficient (Wildman–Crippen LogP) is 6.90. The molecule has 0 saturated carbocycles. The van der Waals surface area contributed by atoms with E-state index in [1.807, 2.05) is 33.8 Å². The van der Waals surface area contributed by atoms with Gasteiger partial charge in [0.1, 0.15) is 17.3 Å². The molecule has 0 radical (unpaired) electrons. The average Bonchev–Trinajstić information content (AvgIpc) is 3.25. The van der Waals surface area contributed by atoms with Gasteiger partial charge in [-0.15, -0.1) is 0 Å². The Morgan fingerprint density at radius 1 is 1.06 bits per heavy atom. The molecule has 0 spiro atoms. The van der Waals surface area contributed by atoms with Gasteiger partial charge in [-0.05, 0) is 74.1 Å². The number of rotatable bonds is 5. The third-order valence-corrected chi connectivity index (χ3v) is 6.04. The molecule has 2 heterocycles. The van der Waals surface area contributed by atoms with E-state index in [1.165, 1.54) is 6.07 Å². The summed E-state index contributed by atoms with van der Waals surface area (Å²) < 4.78 is 23.0. The summed E-state index contributed by atoms with van der Waals surface area (Å²) in [6.45, 7) is 14.3. The SMILES string of the molecule is Cc1cc(CC(=O)Nc2cnn(C(C)(C)C)c2)c(F)cc1Oc1ccnc2ccc(C(C)(C)C)cc12. The van der Waals surface area contributed by atoms with Crippen molar-refractivity contribution in [3.8, 4) is 11.5 Å². The molecule has 0 aliphatic rings. The summed E-state index contributed by atoms with van der Waals surface area (Å²) >= 11 is 0. The van der Waals surface area contributed by atoms with Crippen LogP contribution in [-0.2, 0) is 22.2 Å². The number of ether oxygens (including phenoxy) is 1. The fraction of sp³-hybridized carbons (Fsp3) is 0.345. The van der Waals surface area contributed by atoms with Crippen molar-refractivity contribution < 1.29 is 13.9 Å². The van der Waals surface area contributed by atoms with E-state index < -0.39 is 5.82 Å². The fourth-order valence-electron chi connectivity index (χ4n) is 3.90. The molecule has 7 heteroatoms. The number of carbonyl (C=O) groups is 1. The highest BCUT2D eigenvalue weighted by atomic mass is 19.1. The van der Waals surface area contributed by atoms with Crippen LogP contribution in [0.4, 0.5) is 10.1 Å². The van der Waals surface area contributed by atoms with Crippen molar-refractivity contribution in [2.24, 2.45) is 0 Å². The van der Waals surface area contributed by atoms with E-state index in [-0.39, 0.29) is 23.3 Å². The maximum Gasteiger partial charge on any atom is 0.228 e. The highest BCUT2D eigenvalue weighted by molar-refractivity contribution is 5.92. The molecule has 188 valence electrons. The van der Waals surface area contributed by atoms with E-state index in [4.69, 9.17) is 4.74 Å². The molecule has 0 bridgehead atoms. The Morgan fingerprint density at radius 2 is 1.81 bits per heavy atom. The standard InChI is InChI=1S/C29H33FN4O2/c1-18-12-19(13-27(35)33-21-16-32-34(17-21)29(5,6)7)23(30)15-26(18)36-25-10-11-31-24-9-8-20(14-22(24)25)28(2,3)4/h8-12,14-17H,13H2,1-7H3,(H,33,35). The Balaban J connectivity index is 1.54. The molecule has 4 rings (SSSR count). The number of nitrogens with zero attached hydrogens (tertiary/aromatic N) is 3. The van der Waals surface area contributed by atoms with Crippen LogP contribution < -0.4 is 10.1 Å². The van der Waals surface area contributed by atoms with Gasteiger partial charge in [-0.25, -0.2) is 4.39 Å². The van der Waals surface area contributed by atoms with E-state index in [9.17, 15) is 4.79 Å². The van der Waals surface area contributed by atoms with E-state index in [0.717, 1.165) is 22.0 Å². The smallest absolute Gasteiger partial charge is 0.228 e. The van der Waals surface area contributed by atoms with Crippen molar-refractivity contribution in [1.82, 2.24) is 14.8 Å². The number of halogens is 1. The molecule has 0 unspecified atom stereocenters. The normalized spacial score (nSPS) is 12.1. The van der Waals surface area contributed by atoms with E-state index >= 15 is 4.39 Å². The Kier molecular flexibility index (Phi) is 6.60. The number of benzene rings is 2. The minimum Gasteiger partial charge on any atom is -0.456 e. The number of hydrogen-bond acceptors (Lipinski definition) is 4. The first kappa shape index (κ1) is 25.4. The zero-order valence-electron chi connectivity index (χ0n) is 21.9. The number of aryl methyl sites for hydroxylation is 1. The van der Waals surface area contributed by atoms with Crippen molar-refractivity contribution in [2.75, 3.05) is 5.32 Å². The lowest BCUT2D eigenvalue weighted by atomic mass is 9.86. The van der Waals surface area contributed by atoms with Gasteiger partial charge >= 0.3 is 0 Å². The summed E-state index contributed by atoms with van der Waals surface area (Å²) in [5.41, 5.74) is 3.35. The molecule has 1 N–H and O–H groups in total. The second-order valence-corrected chi connectivity index (χ2v) is 11.2. The number of nitrogens with one attached hydrogen (secondary N) is 1. The first-order chi connectivity index (χ1) is 16.8. The van der Waals surface area contributed by atoms with Crippen LogP contribution in [-0.4, -0.2) is 20.7 Å². The average molecular weight is 489 g/mol. The molecule has 2 aromatic carbocycles. The number of carbonyl (C=O) groups excluding carboxylic acids is 1. The first-order valence-corrected chi connectivity index (χ1v) is 12.0. The van der Waals surface area contributed by atoms with Crippen LogP contribution in [0.25, 0.3) is 10.9 Å². The summed E-state index contributed by atoms with van der Waals surface area (Å²) in [5, 5.41) is 7.94. The van der Waals surface area contributed by atoms with Gasteiger partial charge < -0.3 is 10.1 Å². The summed E-state index contributed by atoms with van der Waals surface area (Å²) in [5.74, 6) is 0.196. The van der Waals surface area contributed by atoms with Gasteiger partial charge in [0.2, 0.25) is 5.91 Å². The maximum atomic E-state index is 15.0. The quantitative estimate of drug-likeness (QED) is 0.332. The monoisotopic (exact) mass is 488 g/mol. The second-order valence-electron chi connectivity index (χ2n) is 11.2. The van der Waals surface area contributed by atoms with Gasteiger partial charge in [0.15, 0.2) is 0 Å². The summed E-state index contributed by atoms with van der Waals surface area (Å²) in [4.78, 5) is 17.0. The Hall–Kier alpha value is -3.74. The van der Waals surface area contributed by atoms with E-state index in [2.05, 4.69) is 48.3 Å². The van der Waals surface area contributed by atoms with Crippen LogP contribution >= 0.6 is 0 Å². The molecule has 4 aromatic rings. The van der Waals surface area contributed by atoms with Gasteiger partial charge in [-0.1, -0.05) is 26.8 Å². The Labute approximate surface area is 211 Å². The fourth-order valence-corrected chi connectivity index (χ4v) is 3.90. The molecule has 0 aliphatic heterocycles. The summed E-state index contributed by atoms with van der Waals surface area (Å²) in [6, 6.07) is 10.9. The number of pyridine rings is 1. The van der Waals surface area contributed by atoms with Crippen LogP contribution in [0, 0.1) is 12.7 Å². The van der Waals surface area contributed by atoms with Crippen molar-refractivity contribution in [1.29, 1.82) is 0 Å². The molecule has 2 aromatic heterocycles. The van der Waals surface area contributed by atoms with Crippen LogP contribution in [0.5, 0.6) is 11.5 Å². The number of fused-ring (bicyclic) bond motifs is 1. The minimum atomic E-state index is -0.495. The predicted molar refractivity (Wildman–Crippen MR) is 141 cm³/mol. The van der Waals surface area contributed by atoms with Gasteiger partial charge in [0, 0.05) is 23.8 Å². The lowest BCUT2D eigenvalue weighted by Crippen LogP contribution is -2.22. The van der Waals surface area contributed by atoms with Gasteiger partial charge in [-0.2, -0.15) is 5.10 Å². The van der Waals surface area contributed by atoms with Gasteiger partial charge in [0.25, 0.3) is 0 Å². The molecule has 0 fully saturated rings. The third-order valence-electron chi connectivity index (χ3n) is 6.04. The van der Waals surface area contributed by atoms with Gasteiger partial charge in [-0.3, -0.25) is 14.5 Å². The lowest BCUT2D eigenvalue weighted by molar-refractivity contribution is -0.115.